The molecule has 1 aromatic heterocycles. The smallest absolute Gasteiger partial charge is 0.355 e. The van der Waals surface area contributed by atoms with Crippen LogP contribution in [-0.2, 0) is 19.1 Å². The fourth-order valence-corrected chi connectivity index (χ4v) is 3.97. The molecule has 2 aromatic carbocycles. The van der Waals surface area contributed by atoms with Crippen LogP contribution >= 0.6 is 0 Å². The van der Waals surface area contributed by atoms with Crippen LogP contribution in [0.15, 0.2) is 81.8 Å². The molecule has 2 N–H and O–H groups in total. The van der Waals surface area contributed by atoms with Crippen molar-refractivity contribution in [3.63, 3.8) is 0 Å². The highest BCUT2D eigenvalue weighted by atomic mass is 16.5. The highest BCUT2D eigenvalue weighted by Gasteiger charge is 2.43. The summed E-state index contributed by atoms with van der Waals surface area (Å²) in [6.45, 7) is 1.69. The van der Waals surface area contributed by atoms with Gasteiger partial charge in [-0.1, -0.05) is 41.6 Å². The molecule has 35 heavy (non-hydrogen) atoms. The molecule has 10 heteroatoms. The number of carbonyl (C=O) groups excluding carboxylic acids is 2. The van der Waals surface area contributed by atoms with E-state index in [1.54, 1.807) is 61.5 Å². The summed E-state index contributed by atoms with van der Waals surface area (Å²) >= 11 is 0. The SMILES string of the molecule is COC(=O)C1=C(C(=O)OC)N(c2cccc(-c3nc(C)no3)c2)C(N)=C(C#N)C1c1ccccc1. The van der Waals surface area contributed by atoms with E-state index in [4.69, 9.17) is 19.7 Å². The van der Waals surface area contributed by atoms with Crippen LogP contribution in [0.5, 0.6) is 0 Å². The summed E-state index contributed by atoms with van der Waals surface area (Å²) in [5.74, 6) is -1.90. The lowest BCUT2D eigenvalue weighted by Gasteiger charge is -2.36. The van der Waals surface area contributed by atoms with Crippen molar-refractivity contribution in [2.75, 3.05) is 19.1 Å². The molecular formula is C25H21N5O5. The highest BCUT2D eigenvalue weighted by Crippen LogP contribution is 2.43. The molecule has 3 aromatic rings. The largest absolute Gasteiger partial charge is 0.466 e. The predicted octanol–water partition coefficient (Wildman–Crippen LogP) is 2.94. The molecule has 1 atom stereocenters. The van der Waals surface area contributed by atoms with Crippen LogP contribution in [-0.4, -0.2) is 36.3 Å². The Balaban J connectivity index is 2.01. The Morgan fingerprint density at radius 1 is 1.09 bits per heavy atom. The van der Waals surface area contributed by atoms with Crippen molar-refractivity contribution >= 4 is 17.6 Å². The Labute approximate surface area is 200 Å². The standard InChI is InChI=1S/C25H21N5O5/c1-14-28-23(35-29-14)16-10-7-11-17(12-16)30-21(25(32)34-3)20(24(31)33-2)19(18(13-26)22(30)27)15-8-5-4-6-9-15/h4-12,19H,27H2,1-3H3. The summed E-state index contributed by atoms with van der Waals surface area (Å²) in [5, 5.41) is 13.9. The van der Waals surface area contributed by atoms with Gasteiger partial charge in [0, 0.05) is 11.3 Å². The first-order valence-corrected chi connectivity index (χ1v) is 10.5. The summed E-state index contributed by atoms with van der Waals surface area (Å²) < 4.78 is 15.3. The van der Waals surface area contributed by atoms with Crippen LogP contribution < -0.4 is 10.6 Å². The van der Waals surface area contributed by atoms with Crippen LogP contribution in [0.2, 0.25) is 0 Å². The minimum absolute atomic E-state index is 0.0340. The third-order valence-corrected chi connectivity index (χ3v) is 5.49. The van der Waals surface area contributed by atoms with Gasteiger partial charge >= 0.3 is 11.9 Å². The van der Waals surface area contributed by atoms with Crippen molar-refractivity contribution in [1.82, 2.24) is 10.1 Å². The van der Waals surface area contributed by atoms with Gasteiger partial charge in [-0.25, -0.2) is 9.59 Å². The Hall–Kier alpha value is -4.91. The van der Waals surface area contributed by atoms with E-state index >= 15 is 0 Å². The number of hydrogen-bond donors (Lipinski definition) is 1. The number of nitriles is 1. The second-order valence-corrected chi connectivity index (χ2v) is 7.53. The van der Waals surface area contributed by atoms with Crippen LogP contribution in [0, 0.1) is 18.3 Å². The lowest BCUT2D eigenvalue weighted by molar-refractivity contribution is -0.139. The molecule has 0 aliphatic carbocycles. The molecule has 1 aliphatic heterocycles. The summed E-state index contributed by atoms with van der Waals surface area (Å²) in [6, 6.07) is 17.6. The van der Waals surface area contributed by atoms with Gasteiger partial charge in [0.05, 0.1) is 37.4 Å². The second-order valence-electron chi connectivity index (χ2n) is 7.53. The normalized spacial score (nSPS) is 15.6. The second kappa shape index (κ2) is 9.52. The lowest BCUT2D eigenvalue weighted by Crippen LogP contribution is -2.40. The fourth-order valence-electron chi connectivity index (χ4n) is 3.97. The summed E-state index contributed by atoms with van der Waals surface area (Å²) in [4.78, 5) is 31.8. The van der Waals surface area contributed by atoms with Gasteiger partial charge in [0.2, 0.25) is 0 Å². The molecule has 0 fully saturated rings. The number of carbonyl (C=O) groups is 2. The monoisotopic (exact) mass is 471 g/mol. The minimum atomic E-state index is -0.944. The first-order chi connectivity index (χ1) is 16.9. The molecule has 176 valence electrons. The Kier molecular flexibility index (Phi) is 6.33. The van der Waals surface area contributed by atoms with Crippen molar-refractivity contribution in [3.8, 4) is 17.5 Å². The Morgan fingerprint density at radius 3 is 2.40 bits per heavy atom. The zero-order valence-electron chi connectivity index (χ0n) is 19.2. The number of benzene rings is 2. The third-order valence-electron chi connectivity index (χ3n) is 5.49. The highest BCUT2D eigenvalue weighted by molar-refractivity contribution is 6.06. The first kappa shape index (κ1) is 23.3. The van der Waals surface area contributed by atoms with Gasteiger partial charge in [0.1, 0.15) is 11.5 Å². The van der Waals surface area contributed by atoms with E-state index in [1.807, 2.05) is 0 Å². The number of nitrogens with zero attached hydrogens (tertiary/aromatic N) is 4. The molecule has 1 unspecified atom stereocenters. The number of methoxy groups -OCH3 is 2. The van der Waals surface area contributed by atoms with Crippen molar-refractivity contribution in [2.24, 2.45) is 5.73 Å². The van der Waals surface area contributed by atoms with Gasteiger partial charge < -0.3 is 19.7 Å². The topological polar surface area (TPSA) is 145 Å². The fraction of sp³-hybridized carbons (Fsp3) is 0.160. The van der Waals surface area contributed by atoms with Gasteiger partial charge in [-0.2, -0.15) is 10.2 Å². The van der Waals surface area contributed by atoms with Gasteiger partial charge in [0.25, 0.3) is 5.89 Å². The summed E-state index contributed by atoms with van der Waals surface area (Å²) in [6.07, 6.45) is 0. The number of aryl methyl sites for hydroxylation is 1. The maximum atomic E-state index is 13.1. The Bertz CT molecular complexity index is 1400. The Morgan fingerprint density at radius 2 is 1.80 bits per heavy atom. The van der Waals surface area contributed by atoms with Crippen LogP contribution in [0.25, 0.3) is 11.5 Å². The molecule has 0 radical (unpaired) electrons. The van der Waals surface area contributed by atoms with Crippen LogP contribution in [0.1, 0.15) is 17.3 Å². The number of anilines is 1. The van der Waals surface area contributed by atoms with E-state index in [2.05, 4.69) is 16.2 Å². The minimum Gasteiger partial charge on any atom is -0.466 e. The van der Waals surface area contributed by atoms with Gasteiger partial charge in [-0.15, -0.1) is 0 Å². The van der Waals surface area contributed by atoms with Crippen molar-refractivity contribution in [3.05, 3.63) is 88.6 Å². The number of ether oxygens (including phenoxy) is 2. The van der Waals surface area contributed by atoms with E-state index in [0.717, 1.165) is 0 Å². The number of rotatable bonds is 5. The quantitative estimate of drug-likeness (QED) is 0.551. The maximum Gasteiger partial charge on any atom is 0.355 e. The number of nitrogens with two attached hydrogens (primary N) is 1. The number of hydrogen-bond acceptors (Lipinski definition) is 10. The van der Waals surface area contributed by atoms with Crippen LogP contribution in [0.4, 0.5) is 5.69 Å². The molecule has 0 saturated heterocycles. The van der Waals surface area contributed by atoms with Crippen molar-refractivity contribution in [2.45, 2.75) is 12.8 Å². The van der Waals surface area contributed by atoms with Crippen molar-refractivity contribution < 1.29 is 23.6 Å². The van der Waals surface area contributed by atoms with Gasteiger partial charge in [-0.3, -0.25) is 4.90 Å². The number of aromatic nitrogens is 2. The van der Waals surface area contributed by atoms with E-state index in [9.17, 15) is 14.9 Å². The van der Waals surface area contributed by atoms with Gasteiger partial charge in [0.15, 0.2) is 5.82 Å². The van der Waals surface area contributed by atoms with Gasteiger partial charge in [-0.05, 0) is 30.7 Å². The molecule has 0 amide bonds. The number of esters is 2. The molecule has 2 heterocycles. The molecule has 1 aliphatic rings. The third kappa shape index (κ3) is 4.11. The first-order valence-electron chi connectivity index (χ1n) is 10.5. The van der Waals surface area contributed by atoms with Crippen molar-refractivity contribution in [1.29, 1.82) is 5.26 Å². The van der Waals surface area contributed by atoms with E-state index < -0.39 is 17.9 Å². The average molecular weight is 471 g/mol. The zero-order valence-corrected chi connectivity index (χ0v) is 19.2. The molecule has 0 spiro atoms. The lowest BCUT2D eigenvalue weighted by atomic mass is 9.81. The summed E-state index contributed by atoms with van der Waals surface area (Å²) in [7, 11) is 2.39. The molecule has 4 rings (SSSR count). The van der Waals surface area contributed by atoms with E-state index in [-0.39, 0.29) is 28.6 Å². The predicted molar refractivity (Wildman–Crippen MR) is 124 cm³/mol. The molecule has 0 bridgehead atoms. The van der Waals surface area contributed by atoms with Crippen LogP contribution in [0.3, 0.4) is 0 Å². The molecular weight excluding hydrogens is 450 g/mol. The molecule has 0 saturated carbocycles. The number of allylic oxidation sites excluding steroid dienone is 1. The maximum absolute atomic E-state index is 13.1. The molecule has 10 nitrogen and oxygen atoms in total. The average Bonchev–Trinajstić information content (AvgIpc) is 3.33. The van der Waals surface area contributed by atoms with E-state index in [1.165, 1.54) is 19.1 Å². The van der Waals surface area contributed by atoms with E-state index in [0.29, 0.717) is 22.6 Å². The summed E-state index contributed by atoms with van der Waals surface area (Å²) in [5.41, 5.74) is 7.85. The zero-order chi connectivity index (χ0) is 25.1.